The van der Waals surface area contributed by atoms with Gasteiger partial charge in [0, 0.05) is 5.56 Å². The molecule has 1 aromatic heterocycles. The molecule has 0 aliphatic carbocycles. The molecule has 1 N–H and O–H groups in total. The highest BCUT2D eigenvalue weighted by molar-refractivity contribution is 5.63. The van der Waals surface area contributed by atoms with Crippen molar-refractivity contribution in [3.05, 3.63) is 47.7 Å². The number of rotatable bonds is 4. The lowest BCUT2D eigenvalue weighted by molar-refractivity contribution is 0.458. The van der Waals surface area contributed by atoms with Crippen molar-refractivity contribution >= 4 is 0 Å². The van der Waals surface area contributed by atoms with Crippen molar-refractivity contribution in [1.29, 1.82) is 0 Å². The molecule has 0 aliphatic heterocycles. The molecule has 0 saturated heterocycles. The van der Waals surface area contributed by atoms with E-state index in [1.165, 1.54) is 11.1 Å². The van der Waals surface area contributed by atoms with Crippen molar-refractivity contribution in [2.24, 2.45) is 0 Å². The van der Waals surface area contributed by atoms with Crippen LogP contribution in [0, 0.1) is 0 Å². The monoisotopic (exact) mass is 243 g/mol. The predicted molar refractivity (Wildman–Crippen MR) is 75.7 cm³/mol. The quantitative estimate of drug-likeness (QED) is 0.863. The smallest absolute Gasteiger partial charge is 0.134 e. The first-order chi connectivity index (χ1) is 8.63. The highest BCUT2D eigenvalue weighted by Crippen LogP contribution is 2.31. The van der Waals surface area contributed by atoms with Gasteiger partial charge in [-0.25, -0.2) is 0 Å². The van der Waals surface area contributed by atoms with Gasteiger partial charge >= 0.3 is 0 Å². The fourth-order valence-corrected chi connectivity index (χ4v) is 2.10. The maximum Gasteiger partial charge on any atom is 0.134 e. The molecule has 0 spiro atoms. The van der Waals surface area contributed by atoms with Crippen molar-refractivity contribution in [2.45, 2.75) is 32.7 Å². The van der Waals surface area contributed by atoms with Gasteiger partial charge in [-0.05, 0) is 37.6 Å². The summed E-state index contributed by atoms with van der Waals surface area (Å²) in [5.74, 6) is 2.43. The second-order valence-corrected chi connectivity index (χ2v) is 4.95. The van der Waals surface area contributed by atoms with E-state index in [0.717, 1.165) is 11.5 Å². The maximum atomic E-state index is 5.95. The van der Waals surface area contributed by atoms with Gasteiger partial charge in [0.05, 0.1) is 6.04 Å². The number of furan rings is 1. The Morgan fingerprint density at radius 2 is 1.72 bits per heavy atom. The molecule has 1 unspecified atom stereocenters. The first kappa shape index (κ1) is 12.9. The van der Waals surface area contributed by atoms with Crippen LogP contribution in [0.1, 0.15) is 44.1 Å². The van der Waals surface area contributed by atoms with Crippen LogP contribution >= 0.6 is 0 Å². The van der Waals surface area contributed by atoms with Crippen molar-refractivity contribution < 1.29 is 4.42 Å². The Hall–Kier alpha value is -1.54. The van der Waals surface area contributed by atoms with Crippen LogP contribution in [0.4, 0.5) is 0 Å². The Labute approximate surface area is 109 Å². The summed E-state index contributed by atoms with van der Waals surface area (Å²) in [5.41, 5.74) is 2.53. The lowest BCUT2D eigenvalue weighted by Crippen LogP contribution is -2.11. The summed E-state index contributed by atoms with van der Waals surface area (Å²) < 4.78 is 5.95. The third-order valence-corrected chi connectivity index (χ3v) is 3.33. The zero-order chi connectivity index (χ0) is 13.1. The van der Waals surface area contributed by atoms with Crippen LogP contribution in [0.5, 0.6) is 0 Å². The topological polar surface area (TPSA) is 25.2 Å². The van der Waals surface area contributed by atoms with Crippen molar-refractivity contribution in [3.63, 3.8) is 0 Å². The van der Waals surface area contributed by atoms with Gasteiger partial charge < -0.3 is 9.73 Å². The molecule has 2 heteroatoms. The van der Waals surface area contributed by atoms with Crippen LogP contribution in [0.2, 0.25) is 0 Å². The van der Waals surface area contributed by atoms with Gasteiger partial charge in [-0.2, -0.15) is 0 Å². The third-order valence-electron chi connectivity index (χ3n) is 3.33. The number of hydrogen-bond donors (Lipinski definition) is 1. The van der Waals surface area contributed by atoms with Gasteiger partial charge in [-0.1, -0.05) is 38.1 Å². The van der Waals surface area contributed by atoms with Crippen LogP contribution in [0.15, 0.2) is 40.8 Å². The van der Waals surface area contributed by atoms with Crippen LogP contribution < -0.4 is 5.32 Å². The molecule has 1 heterocycles. The second kappa shape index (κ2) is 5.40. The average Bonchev–Trinajstić information content (AvgIpc) is 2.87. The summed E-state index contributed by atoms with van der Waals surface area (Å²) in [6.45, 7) is 6.51. The molecule has 0 radical (unpaired) electrons. The molecule has 0 fully saturated rings. The third kappa shape index (κ3) is 2.49. The van der Waals surface area contributed by atoms with E-state index < -0.39 is 0 Å². The lowest BCUT2D eigenvalue weighted by Gasteiger charge is -2.11. The van der Waals surface area contributed by atoms with Gasteiger partial charge in [0.1, 0.15) is 11.5 Å². The Bertz CT molecular complexity index is 513. The molecule has 2 rings (SSSR count). The summed E-state index contributed by atoms with van der Waals surface area (Å²) in [6, 6.07) is 12.8. The minimum absolute atomic E-state index is 0.241. The minimum Gasteiger partial charge on any atom is -0.459 e. The highest BCUT2D eigenvalue weighted by Gasteiger charge is 2.13. The molecule has 96 valence electrons. The molecule has 0 saturated carbocycles. The van der Waals surface area contributed by atoms with E-state index in [9.17, 15) is 0 Å². The van der Waals surface area contributed by atoms with E-state index in [-0.39, 0.29) is 6.04 Å². The van der Waals surface area contributed by atoms with Crippen molar-refractivity contribution in [2.75, 3.05) is 7.05 Å². The normalized spacial score (nSPS) is 12.9. The van der Waals surface area contributed by atoms with E-state index in [0.29, 0.717) is 5.92 Å². The van der Waals surface area contributed by atoms with Gasteiger partial charge in [0.2, 0.25) is 0 Å². The SMILES string of the molecule is CNC(C)c1ccc(-c2ccccc2C(C)C)o1. The van der Waals surface area contributed by atoms with Crippen molar-refractivity contribution in [3.8, 4) is 11.3 Å². The zero-order valence-electron chi connectivity index (χ0n) is 11.5. The van der Waals surface area contributed by atoms with Gasteiger partial charge in [-0.15, -0.1) is 0 Å². The summed E-state index contributed by atoms with van der Waals surface area (Å²) >= 11 is 0. The molecule has 0 amide bonds. The number of hydrogen-bond acceptors (Lipinski definition) is 2. The first-order valence-corrected chi connectivity index (χ1v) is 6.49. The largest absolute Gasteiger partial charge is 0.459 e. The summed E-state index contributed by atoms with van der Waals surface area (Å²) in [4.78, 5) is 0. The molecule has 0 aliphatic rings. The van der Waals surface area contributed by atoms with Gasteiger partial charge in [-0.3, -0.25) is 0 Å². The first-order valence-electron chi connectivity index (χ1n) is 6.49. The summed E-state index contributed by atoms with van der Waals surface area (Å²) in [5, 5.41) is 3.19. The predicted octanol–water partition coefficient (Wildman–Crippen LogP) is 4.35. The van der Waals surface area contributed by atoms with Crippen LogP contribution in [0.25, 0.3) is 11.3 Å². The minimum atomic E-state index is 0.241. The summed E-state index contributed by atoms with van der Waals surface area (Å²) in [7, 11) is 1.94. The molecule has 1 atom stereocenters. The Kier molecular flexibility index (Phi) is 3.87. The standard InChI is InChI=1S/C16H21NO/c1-11(2)13-7-5-6-8-14(13)16-10-9-15(18-16)12(3)17-4/h5-12,17H,1-4H3. The second-order valence-electron chi connectivity index (χ2n) is 4.95. The molecular formula is C16H21NO. The number of benzene rings is 1. The van der Waals surface area contributed by atoms with E-state index in [2.05, 4.69) is 56.4 Å². The Balaban J connectivity index is 2.40. The molecule has 2 aromatic rings. The lowest BCUT2D eigenvalue weighted by atomic mass is 9.96. The van der Waals surface area contributed by atoms with E-state index in [4.69, 9.17) is 4.42 Å². The zero-order valence-corrected chi connectivity index (χ0v) is 11.5. The van der Waals surface area contributed by atoms with Crippen LogP contribution in [0.3, 0.4) is 0 Å². The maximum absolute atomic E-state index is 5.95. The average molecular weight is 243 g/mol. The Morgan fingerprint density at radius 3 is 2.39 bits per heavy atom. The fourth-order valence-electron chi connectivity index (χ4n) is 2.10. The molecule has 0 bridgehead atoms. The Morgan fingerprint density at radius 1 is 1.00 bits per heavy atom. The van der Waals surface area contributed by atoms with E-state index >= 15 is 0 Å². The van der Waals surface area contributed by atoms with Crippen LogP contribution in [-0.4, -0.2) is 7.05 Å². The van der Waals surface area contributed by atoms with Gasteiger partial charge in [0.25, 0.3) is 0 Å². The molecule has 1 aromatic carbocycles. The van der Waals surface area contributed by atoms with Crippen molar-refractivity contribution in [1.82, 2.24) is 5.32 Å². The van der Waals surface area contributed by atoms with Gasteiger partial charge in [0.15, 0.2) is 0 Å². The molecule has 2 nitrogen and oxygen atoms in total. The number of nitrogens with one attached hydrogen (secondary N) is 1. The highest BCUT2D eigenvalue weighted by atomic mass is 16.3. The molecule has 18 heavy (non-hydrogen) atoms. The van der Waals surface area contributed by atoms with E-state index in [1.807, 2.05) is 13.1 Å². The fraction of sp³-hybridized carbons (Fsp3) is 0.375. The van der Waals surface area contributed by atoms with Crippen LogP contribution in [-0.2, 0) is 0 Å². The summed E-state index contributed by atoms with van der Waals surface area (Å²) in [6.07, 6.45) is 0. The molecular weight excluding hydrogens is 222 g/mol. The van der Waals surface area contributed by atoms with E-state index in [1.54, 1.807) is 0 Å².